The maximum atomic E-state index is 12.4. The summed E-state index contributed by atoms with van der Waals surface area (Å²) in [6.07, 6.45) is 0.888. The van der Waals surface area contributed by atoms with Gasteiger partial charge in [-0.25, -0.2) is 9.78 Å². The van der Waals surface area contributed by atoms with E-state index in [0.29, 0.717) is 6.07 Å². The average Bonchev–Trinajstić information content (AvgIpc) is 2.04. The average molecular weight is 166 g/mol. The SMILES string of the molecule is N#Cc1cnc(F)cc1C(=O)O. The molecule has 0 spiro atoms. The second-order valence-electron chi connectivity index (χ2n) is 1.97. The molecule has 1 aromatic rings. The molecule has 0 fully saturated rings. The Balaban J connectivity index is 3.34. The first-order valence-corrected chi connectivity index (χ1v) is 2.94. The summed E-state index contributed by atoms with van der Waals surface area (Å²) in [7, 11) is 0. The van der Waals surface area contributed by atoms with Crippen molar-refractivity contribution in [1.82, 2.24) is 4.98 Å². The molecule has 0 amide bonds. The number of rotatable bonds is 1. The van der Waals surface area contributed by atoms with Crippen molar-refractivity contribution in [2.24, 2.45) is 0 Å². The maximum absolute atomic E-state index is 12.4. The zero-order valence-electron chi connectivity index (χ0n) is 5.78. The monoisotopic (exact) mass is 166 g/mol. The van der Waals surface area contributed by atoms with Gasteiger partial charge >= 0.3 is 5.97 Å². The van der Waals surface area contributed by atoms with Crippen LogP contribution < -0.4 is 0 Å². The maximum Gasteiger partial charge on any atom is 0.337 e. The minimum Gasteiger partial charge on any atom is -0.478 e. The molecule has 1 N–H and O–H groups in total. The van der Waals surface area contributed by atoms with Crippen LogP contribution >= 0.6 is 0 Å². The Bertz CT molecular complexity index is 370. The highest BCUT2D eigenvalue weighted by atomic mass is 19.1. The normalized spacial score (nSPS) is 9.00. The van der Waals surface area contributed by atoms with Crippen LogP contribution in [-0.2, 0) is 0 Å². The fourth-order valence-corrected chi connectivity index (χ4v) is 0.696. The van der Waals surface area contributed by atoms with Gasteiger partial charge in [-0.15, -0.1) is 0 Å². The highest BCUT2D eigenvalue weighted by Crippen LogP contribution is 2.07. The molecule has 0 bridgehead atoms. The Labute approximate surface area is 66.9 Å². The number of nitrogens with zero attached hydrogens (tertiary/aromatic N) is 2. The highest BCUT2D eigenvalue weighted by Gasteiger charge is 2.10. The van der Waals surface area contributed by atoms with Gasteiger partial charge in [0, 0.05) is 12.3 Å². The lowest BCUT2D eigenvalue weighted by Crippen LogP contribution is -2.02. The Morgan fingerprint density at radius 1 is 1.75 bits per heavy atom. The summed E-state index contributed by atoms with van der Waals surface area (Å²) in [5, 5.41) is 16.9. The van der Waals surface area contributed by atoms with E-state index in [4.69, 9.17) is 10.4 Å². The lowest BCUT2D eigenvalue weighted by Gasteiger charge is -1.95. The van der Waals surface area contributed by atoms with Gasteiger partial charge in [0.15, 0.2) is 0 Å². The quantitative estimate of drug-likeness (QED) is 0.626. The Hall–Kier alpha value is -1.96. The largest absolute Gasteiger partial charge is 0.478 e. The van der Waals surface area contributed by atoms with E-state index in [1.165, 1.54) is 0 Å². The predicted molar refractivity (Wildman–Crippen MR) is 35.9 cm³/mol. The van der Waals surface area contributed by atoms with Crippen LogP contribution in [0.25, 0.3) is 0 Å². The van der Waals surface area contributed by atoms with Gasteiger partial charge in [0.05, 0.1) is 11.1 Å². The summed E-state index contributed by atoms with van der Waals surface area (Å²) in [5.41, 5.74) is -0.520. The molecular weight excluding hydrogens is 163 g/mol. The fourth-order valence-electron chi connectivity index (χ4n) is 0.696. The van der Waals surface area contributed by atoms with E-state index in [2.05, 4.69) is 4.98 Å². The number of carbonyl (C=O) groups is 1. The molecule has 1 rings (SSSR count). The van der Waals surface area contributed by atoms with Crippen molar-refractivity contribution < 1.29 is 14.3 Å². The number of hydrogen-bond donors (Lipinski definition) is 1. The lowest BCUT2D eigenvalue weighted by molar-refractivity contribution is 0.0695. The third kappa shape index (κ3) is 1.37. The van der Waals surface area contributed by atoms with Gasteiger partial charge in [-0.2, -0.15) is 9.65 Å². The van der Waals surface area contributed by atoms with Crippen molar-refractivity contribution in [3.05, 3.63) is 29.3 Å². The molecule has 0 radical (unpaired) electrons. The summed E-state index contributed by atoms with van der Waals surface area (Å²) in [5.74, 6) is -2.25. The van der Waals surface area contributed by atoms with Gasteiger partial charge in [0.2, 0.25) is 5.95 Å². The molecule has 5 heteroatoms. The summed E-state index contributed by atoms with van der Waals surface area (Å²) in [6, 6.07) is 2.30. The number of nitriles is 1. The Kier molecular flexibility index (Phi) is 2.01. The molecule has 0 aliphatic heterocycles. The molecule has 0 atom stereocenters. The van der Waals surface area contributed by atoms with Crippen LogP contribution in [0.4, 0.5) is 4.39 Å². The van der Waals surface area contributed by atoms with Gasteiger partial charge in [0.25, 0.3) is 0 Å². The van der Waals surface area contributed by atoms with Crippen molar-refractivity contribution in [3.63, 3.8) is 0 Å². The summed E-state index contributed by atoms with van der Waals surface area (Å²) >= 11 is 0. The predicted octanol–water partition coefficient (Wildman–Crippen LogP) is 0.791. The first-order chi connectivity index (χ1) is 5.65. The smallest absolute Gasteiger partial charge is 0.337 e. The molecule has 0 aromatic carbocycles. The van der Waals surface area contributed by atoms with Crippen LogP contribution in [0.5, 0.6) is 0 Å². The number of pyridine rings is 1. The van der Waals surface area contributed by atoms with Gasteiger partial charge in [0.1, 0.15) is 6.07 Å². The number of aromatic carboxylic acids is 1. The van der Waals surface area contributed by atoms with Crippen molar-refractivity contribution >= 4 is 5.97 Å². The third-order valence-corrected chi connectivity index (χ3v) is 1.22. The molecule has 0 saturated heterocycles. The van der Waals surface area contributed by atoms with Crippen LogP contribution in [-0.4, -0.2) is 16.1 Å². The van der Waals surface area contributed by atoms with Gasteiger partial charge < -0.3 is 5.11 Å². The van der Waals surface area contributed by atoms with Crippen molar-refractivity contribution in [2.75, 3.05) is 0 Å². The Morgan fingerprint density at radius 2 is 2.42 bits per heavy atom. The van der Waals surface area contributed by atoms with Crippen LogP contribution in [0.2, 0.25) is 0 Å². The van der Waals surface area contributed by atoms with Crippen LogP contribution in [0.1, 0.15) is 15.9 Å². The second kappa shape index (κ2) is 2.96. The molecule has 1 aromatic heterocycles. The van der Waals surface area contributed by atoms with E-state index >= 15 is 0 Å². The molecule has 0 aliphatic rings. The lowest BCUT2D eigenvalue weighted by atomic mass is 10.1. The molecule has 0 aliphatic carbocycles. The van der Waals surface area contributed by atoms with Crippen molar-refractivity contribution in [3.8, 4) is 6.07 Å². The second-order valence-corrected chi connectivity index (χ2v) is 1.97. The molecular formula is C7H3FN2O2. The first kappa shape index (κ1) is 8.14. The number of carboxylic acids is 1. The molecule has 4 nitrogen and oxygen atoms in total. The zero-order chi connectivity index (χ0) is 9.14. The van der Waals surface area contributed by atoms with Crippen LogP contribution in [0.3, 0.4) is 0 Å². The molecule has 60 valence electrons. The summed E-state index contributed by atoms with van der Waals surface area (Å²) in [6.45, 7) is 0. The molecule has 0 unspecified atom stereocenters. The zero-order valence-corrected chi connectivity index (χ0v) is 5.78. The van der Waals surface area contributed by atoms with E-state index in [1.54, 1.807) is 6.07 Å². The van der Waals surface area contributed by atoms with E-state index < -0.39 is 11.9 Å². The van der Waals surface area contributed by atoms with E-state index in [-0.39, 0.29) is 11.1 Å². The van der Waals surface area contributed by atoms with E-state index in [0.717, 1.165) is 6.20 Å². The summed E-state index contributed by atoms with van der Waals surface area (Å²) in [4.78, 5) is 13.5. The van der Waals surface area contributed by atoms with Gasteiger partial charge in [-0.3, -0.25) is 0 Å². The minimum absolute atomic E-state index is 0.149. The third-order valence-electron chi connectivity index (χ3n) is 1.22. The molecule has 0 saturated carbocycles. The number of aromatic nitrogens is 1. The van der Waals surface area contributed by atoms with Gasteiger partial charge in [-0.05, 0) is 0 Å². The Morgan fingerprint density at radius 3 is 2.92 bits per heavy atom. The number of halogens is 1. The first-order valence-electron chi connectivity index (χ1n) is 2.94. The van der Waals surface area contributed by atoms with Crippen LogP contribution in [0.15, 0.2) is 12.3 Å². The number of carboxylic acid groups (broad SMARTS) is 1. The molecule has 12 heavy (non-hydrogen) atoms. The highest BCUT2D eigenvalue weighted by molar-refractivity contribution is 5.90. The van der Waals surface area contributed by atoms with E-state index in [1.807, 2.05) is 0 Å². The standard InChI is InChI=1S/C7H3FN2O2/c8-6-1-5(7(11)12)4(2-9)3-10-6/h1,3H,(H,11,12). The van der Waals surface area contributed by atoms with Crippen molar-refractivity contribution in [2.45, 2.75) is 0 Å². The fraction of sp³-hybridized carbons (Fsp3) is 0. The topological polar surface area (TPSA) is 74.0 Å². The minimum atomic E-state index is -1.34. The number of hydrogen-bond acceptors (Lipinski definition) is 3. The van der Waals surface area contributed by atoms with E-state index in [9.17, 15) is 9.18 Å². The van der Waals surface area contributed by atoms with Crippen LogP contribution in [0, 0.1) is 17.3 Å². The van der Waals surface area contributed by atoms with Gasteiger partial charge in [-0.1, -0.05) is 0 Å². The summed E-state index contributed by atoms with van der Waals surface area (Å²) < 4.78 is 12.4. The van der Waals surface area contributed by atoms with Crippen molar-refractivity contribution in [1.29, 1.82) is 5.26 Å². The molecule has 1 heterocycles.